The van der Waals surface area contributed by atoms with Gasteiger partial charge in [0.15, 0.2) is 5.76 Å². The van der Waals surface area contributed by atoms with Gasteiger partial charge < -0.3 is 20.0 Å². The number of benzene rings is 1. The first kappa shape index (κ1) is 13.9. The van der Waals surface area contributed by atoms with Gasteiger partial charge in [-0.25, -0.2) is 0 Å². The summed E-state index contributed by atoms with van der Waals surface area (Å²) < 4.78 is 5.80. The number of aromatic amines is 1. The predicted octanol–water partition coefficient (Wildman–Crippen LogP) is 3.05. The normalized spacial score (nSPS) is 25.4. The zero-order valence-corrected chi connectivity index (χ0v) is 13.2. The highest BCUT2D eigenvalue weighted by Crippen LogP contribution is 2.29. The van der Waals surface area contributed by atoms with Crippen LogP contribution in [0.2, 0.25) is 0 Å². The first-order chi connectivity index (χ1) is 11.8. The lowest BCUT2D eigenvalue weighted by molar-refractivity contribution is 0.0903. The highest BCUT2D eigenvalue weighted by atomic mass is 16.3. The number of amides is 1. The Hall–Kier alpha value is -2.53. The molecule has 3 aromatic rings. The van der Waals surface area contributed by atoms with Crippen molar-refractivity contribution < 1.29 is 9.21 Å². The van der Waals surface area contributed by atoms with Gasteiger partial charge in [-0.3, -0.25) is 4.79 Å². The minimum atomic E-state index is -0.122. The van der Waals surface area contributed by atoms with Gasteiger partial charge in [0.05, 0.1) is 0 Å². The molecule has 1 amide bonds. The van der Waals surface area contributed by atoms with Crippen LogP contribution in [0.25, 0.3) is 22.2 Å². The van der Waals surface area contributed by atoms with E-state index in [1.807, 2.05) is 30.5 Å². The van der Waals surface area contributed by atoms with E-state index in [1.165, 1.54) is 6.42 Å². The van der Waals surface area contributed by atoms with Crippen LogP contribution in [0.3, 0.4) is 0 Å². The largest absolute Gasteiger partial charge is 0.451 e. The Morgan fingerprint density at radius 2 is 2.12 bits per heavy atom. The Labute approximate surface area is 139 Å². The molecule has 5 heteroatoms. The van der Waals surface area contributed by atoms with Crippen LogP contribution in [0.5, 0.6) is 0 Å². The van der Waals surface area contributed by atoms with E-state index < -0.39 is 0 Å². The van der Waals surface area contributed by atoms with Gasteiger partial charge in [-0.1, -0.05) is 0 Å². The molecule has 4 heterocycles. The quantitative estimate of drug-likeness (QED) is 0.694. The Morgan fingerprint density at radius 3 is 2.96 bits per heavy atom. The molecule has 2 fully saturated rings. The van der Waals surface area contributed by atoms with Crippen LogP contribution in [0, 0.1) is 0 Å². The molecule has 2 aromatic heterocycles. The summed E-state index contributed by atoms with van der Waals surface area (Å²) in [7, 11) is 0. The van der Waals surface area contributed by atoms with Gasteiger partial charge in [-0.05, 0) is 55.7 Å². The number of H-pyrrole nitrogens is 1. The number of carbonyl (C=O) groups excluding carboxylic acids is 1. The molecule has 5 rings (SSSR count). The number of aromatic nitrogens is 1. The smallest absolute Gasteiger partial charge is 0.287 e. The van der Waals surface area contributed by atoms with Crippen molar-refractivity contribution in [3.8, 4) is 11.3 Å². The van der Waals surface area contributed by atoms with Crippen LogP contribution in [0.15, 0.2) is 47.0 Å². The Balaban J connectivity index is 1.35. The van der Waals surface area contributed by atoms with Crippen molar-refractivity contribution in [2.45, 2.75) is 37.4 Å². The van der Waals surface area contributed by atoms with Gasteiger partial charge in [0.2, 0.25) is 0 Å². The van der Waals surface area contributed by atoms with Crippen molar-refractivity contribution in [1.29, 1.82) is 0 Å². The molecule has 3 N–H and O–H groups in total. The number of hydrogen-bond donors (Lipinski definition) is 3. The molecular formula is C19H19N3O2. The molecule has 2 aliphatic heterocycles. The van der Waals surface area contributed by atoms with E-state index in [0.717, 1.165) is 29.3 Å². The number of carbonyl (C=O) groups is 1. The fourth-order valence-electron chi connectivity index (χ4n) is 4.04. The van der Waals surface area contributed by atoms with Crippen LogP contribution in [0.4, 0.5) is 0 Å². The molecule has 0 spiro atoms. The third-order valence-corrected chi connectivity index (χ3v) is 5.28. The van der Waals surface area contributed by atoms with Crippen LogP contribution in [0.1, 0.15) is 29.8 Å². The Bertz CT molecular complexity index is 910. The average Bonchev–Trinajstić information content (AvgIpc) is 3.36. The molecule has 5 nitrogen and oxygen atoms in total. The zero-order chi connectivity index (χ0) is 16.1. The Kier molecular flexibility index (Phi) is 3.03. The van der Waals surface area contributed by atoms with Crippen molar-refractivity contribution in [1.82, 2.24) is 15.6 Å². The van der Waals surface area contributed by atoms with Gasteiger partial charge in [0, 0.05) is 40.8 Å². The van der Waals surface area contributed by atoms with Gasteiger partial charge in [0.25, 0.3) is 5.91 Å². The minimum Gasteiger partial charge on any atom is -0.451 e. The molecular weight excluding hydrogens is 302 g/mol. The van der Waals surface area contributed by atoms with E-state index in [2.05, 4.69) is 21.7 Å². The monoisotopic (exact) mass is 321 g/mol. The highest BCUT2D eigenvalue weighted by molar-refractivity contribution is 5.92. The summed E-state index contributed by atoms with van der Waals surface area (Å²) in [6.07, 6.45) is 5.31. The molecule has 2 aliphatic rings. The summed E-state index contributed by atoms with van der Waals surface area (Å²) in [5.74, 6) is 0.972. The van der Waals surface area contributed by atoms with Crippen molar-refractivity contribution in [2.24, 2.45) is 0 Å². The second kappa shape index (κ2) is 5.24. The zero-order valence-electron chi connectivity index (χ0n) is 13.2. The molecule has 1 aromatic carbocycles. The van der Waals surface area contributed by atoms with Crippen LogP contribution >= 0.6 is 0 Å². The average molecular weight is 321 g/mol. The first-order valence-electron chi connectivity index (χ1n) is 8.50. The number of fused-ring (bicyclic) bond motifs is 3. The molecule has 0 unspecified atom stereocenters. The number of hydrogen-bond acceptors (Lipinski definition) is 3. The Morgan fingerprint density at radius 1 is 1.17 bits per heavy atom. The topological polar surface area (TPSA) is 70.1 Å². The maximum absolute atomic E-state index is 12.5. The molecule has 3 atom stereocenters. The number of rotatable bonds is 3. The standard InChI is InChI=1S/C19H19N3O2/c23-19(22-16-10-13-2-4-15(16)21-13)18-6-5-17(24-18)12-1-3-14-11(9-12)7-8-20-14/h1,3,5-9,13,15-16,20-21H,2,4,10H2,(H,22,23)/t13-,15+,16-/m1/s1. The highest BCUT2D eigenvalue weighted by Gasteiger charge is 2.39. The van der Waals surface area contributed by atoms with E-state index in [1.54, 1.807) is 6.07 Å². The van der Waals surface area contributed by atoms with Crippen LogP contribution < -0.4 is 10.6 Å². The first-order valence-corrected chi connectivity index (χ1v) is 8.50. The SMILES string of the molecule is O=C(N[C@@H]1C[C@H]2CC[C@@H]1N2)c1ccc(-c2ccc3[nH]ccc3c2)o1. The second-order valence-electron chi connectivity index (χ2n) is 6.81. The summed E-state index contributed by atoms with van der Waals surface area (Å²) >= 11 is 0. The van der Waals surface area contributed by atoms with Crippen molar-refractivity contribution in [3.05, 3.63) is 48.4 Å². The van der Waals surface area contributed by atoms with Gasteiger partial charge >= 0.3 is 0 Å². The maximum Gasteiger partial charge on any atom is 0.287 e. The van der Waals surface area contributed by atoms with E-state index in [0.29, 0.717) is 23.6 Å². The molecule has 122 valence electrons. The van der Waals surface area contributed by atoms with Gasteiger partial charge in [0.1, 0.15) is 5.76 Å². The van der Waals surface area contributed by atoms with Crippen molar-refractivity contribution >= 4 is 16.8 Å². The van der Waals surface area contributed by atoms with Crippen molar-refractivity contribution in [3.63, 3.8) is 0 Å². The van der Waals surface area contributed by atoms with Crippen LogP contribution in [-0.4, -0.2) is 29.0 Å². The fourth-order valence-corrected chi connectivity index (χ4v) is 4.04. The summed E-state index contributed by atoms with van der Waals surface area (Å²) in [5.41, 5.74) is 2.06. The predicted molar refractivity (Wildman–Crippen MR) is 91.8 cm³/mol. The lowest BCUT2D eigenvalue weighted by atomic mass is 9.95. The molecule has 0 aliphatic carbocycles. The lowest BCUT2D eigenvalue weighted by Crippen LogP contribution is -2.42. The third-order valence-electron chi connectivity index (χ3n) is 5.28. The van der Waals surface area contributed by atoms with Crippen molar-refractivity contribution in [2.75, 3.05) is 0 Å². The second-order valence-corrected chi connectivity index (χ2v) is 6.81. The maximum atomic E-state index is 12.5. The lowest BCUT2D eigenvalue weighted by Gasteiger charge is -2.20. The minimum absolute atomic E-state index is 0.122. The number of nitrogens with one attached hydrogen (secondary N) is 3. The molecule has 0 saturated carbocycles. The molecule has 2 saturated heterocycles. The van der Waals surface area contributed by atoms with Gasteiger partial charge in [-0.2, -0.15) is 0 Å². The third kappa shape index (κ3) is 2.24. The van der Waals surface area contributed by atoms with E-state index in [9.17, 15) is 4.79 Å². The summed E-state index contributed by atoms with van der Waals surface area (Å²) in [6, 6.07) is 12.9. The molecule has 24 heavy (non-hydrogen) atoms. The summed E-state index contributed by atoms with van der Waals surface area (Å²) in [5, 5.41) is 7.78. The molecule has 2 bridgehead atoms. The summed E-state index contributed by atoms with van der Waals surface area (Å²) in [6.45, 7) is 0. The number of furan rings is 1. The van der Waals surface area contributed by atoms with E-state index in [4.69, 9.17) is 4.42 Å². The van der Waals surface area contributed by atoms with Gasteiger partial charge in [-0.15, -0.1) is 0 Å². The molecule has 0 radical (unpaired) electrons. The van der Waals surface area contributed by atoms with E-state index >= 15 is 0 Å². The summed E-state index contributed by atoms with van der Waals surface area (Å²) in [4.78, 5) is 15.6. The van der Waals surface area contributed by atoms with Crippen LogP contribution in [-0.2, 0) is 0 Å². The van der Waals surface area contributed by atoms with E-state index in [-0.39, 0.29) is 11.9 Å². The fraction of sp³-hybridized carbons (Fsp3) is 0.316.